The van der Waals surface area contributed by atoms with Crippen LogP contribution in [0.3, 0.4) is 0 Å². The molecular formula is C20H22O10. The van der Waals surface area contributed by atoms with Gasteiger partial charge in [-0.25, -0.2) is 0 Å². The van der Waals surface area contributed by atoms with Gasteiger partial charge in [-0.3, -0.25) is 0 Å². The third kappa shape index (κ3) is 3.71. The van der Waals surface area contributed by atoms with E-state index in [0.29, 0.717) is 11.1 Å². The number of fused-ring (bicyclic) bond motifs is 1. The molecule has 1 fully saturated rings. The van der Waals surface area contributed by atoms with Crippen molar-refractivity contribution in [3.8, 4) is 28.7 Å². The lowest BCUT2D eigenvalue weighted by atomic mass is 9.94. The number of aliphatic hydroxyl groups is 4. The van der Waals surface area contributed by atoms with Gasteiger partial charge in [-0.15, -0.1) is 0 Å². The number of phenolic OH excluding ortho intramolecular Hbond substituents is 3. The first kappa shape index (κ1) is 20.5. The van der Waals surface area contributed by atoms with Gasteiger partial charge in [0.2, 0.25) is 6.29 Å². The van der Waals surface area contributed by atoms with Crippen LogP contribution in [0.25, 0.3) is 0 Å². The van der Waals surface area contributed by atoms with Gasteiger partial charge in [0.05, 0.1) is 12.7 Å². The van der Waals surface area contributed by atoms with Gasteiger partial charge in [0.25, 0.3) is 0 Å². The average Bonchev–Trinajstić information content (AvgIpc) is 2.71. The molecule has 2 aliphatic rings. The highest BCUT2D eigenvalue weighted by Crippen LogP contribution is 2.43. The summed E-state index contributed by atoms with van der Waals surface area (Å²) in [6.07, 6.45) is -7.34. The second-order valence-electron chi connectivity index (χ2n) is 7.35. The Labute approximate surface area is 170 Å². The van der Waals surface area contributed by atoms with Crippen LogP contribution in [-0.2, 0) is 11.2 Å². The lowest BCUT2D eigenvalue weighted by Crippen LogP contribution is -2.54. The third-order valence-corrected chi connectivity index (χ3v) is 5.21. The van der Waals surface area contributed by atoms with Crippen molar-refractivity contribution in [2.45, 2.75) is 43.2 Å². The van der Waals surface area contributed by atoms with Gasteiger partial charge in [-0.05, 0) is 17.7 Å². The molecule has 4 rings (SSSR count). The summed E-state index contributed by atoms with van der Waals surface area (Å²) < 4.78 is 16.5. The molecule has 162 valence electrons. The maximum atomic E-state index is 10.5. The van der Waals surface area contributed by atoms with Crippen molar-refractivity contribution in [2.24, 2.45) is 0 Å². The molecule has 10 nitrogen and oxygen atoms in total. The number of hydrogen-bond donors (Lipinski definition) is 7. The first-order valence-electron chi connectivity index (χ1n) is 9.29. The zero-order valence-corrected chi connectivity index (χ0v) is 15.6. The minimum Gasteiger partial charge on any atom is -0.507 e. The lowest BCUT2D eigenvalue weighted by Gasteiger charge is -2.35. The minimum absolute atomic E-state index is 0.0568. The third-order valence-electron chi connectivity index (χ3n) is 5.21. The highest BCUT2D eigenvalue weighted by Gasteiger charge is 2.39. The molecule has 2 aliphatic heterocycles. The Kier molecular flexibility index (Phi) is 5.35. The van der Waals surface area contributed by atoms with E-state index in [0.717, 1.165) is 0 Å². The first-order chi connectivity index (χ1) is 14.2. The van der Waals surface area contributed by atoms with Crippen LogP contribution in [0.2, 0.25) is 0 Å². The van der Waals surface area contributed by atoms with Crippen LogP contribution >= 0.6 is 0 Å². The van der Waals surface area contributed by atoms with Gasteiger partial charge >= 0.3 is 0 Å². The Hall–Kier alpha value is -2.76. The molecule has 2 aromatic rings. The normalized spacial score (nSPS) is 30.9. The van der Waals surface area contributed by atoms with E-state index < -0.39 is 36.8 Å². The molecule has 0 amide bonds. The minimum atomic E-state index is -1.51. The Morgan fingerprint density at radius 3 is 2.33 bits per heavy atom. The number of hydrogen-bond acceptors (Lipinski definition) is 10. The van der Waals surface area contributed by atoms with Crippen molar-refractivity contribution in [1.29, 1.82) is 0 Å². The summed E-state index contributed by atoms with van der Waals surface area (Å²) in [4.78, 5) is 0. The zero-order valence-electron chi connectivity index (χ0n) is 15.6. The summed E-state index contributed by atoms with van der Waals surface area (Å²) in [7, 11) is 0. The Morgan fingerprint density at radius 2 is 1.60 bits per heavy atom. The molecule has 2 aromatic carbocycles. The van der Waals surface area contributed by atoms with Gasteiger partial charge in [0.1, 0.15) is 41.7 Å². The molecule has 30 heavy (non-hydrogen) atoms. The van der Waals surface area contributed by atoms with Crippen molar-refractivity contribution in [2.75, 3.05) is 6.61 Å². The summed E-state index contributed by atoms with van der Waals surface area (Å²) >= 11 is 0. The molecule has 0 bridgehead atoms. The maximum Gasteiger partial charge on any atom is 0.228 e. The zero-order chi connectivity index (χ0) is 21.6. The first-order valence-corrected chi connectivity index (χ1v) is 9.29. The van der Waals surface area contributed by atoms with E-state index in [2.05, 4.69) is 0 Å². The molecule has 0 radical (unpaired) electrons. The molecule has 2 heterocycles. The Morgan fingerprint density at radius 1 is 0.833 bits per heavy atom. The Balaban J connectivity index is 1.58. The molecule has 0 unspecified atom stereocenters. The van der Waals surface area contributed by atoms with Crippen LogP contribution < -0.4 is 9.47 Å². The molecular weight excluding hydrogens is 400 g/mol. The summed E-state index contributed by atoms with van der Waals surface area (Å²) in [6, 6.07) is 6.73. The molecule has 10 heteroatoms. The van der Waals surface area contributed by atoms with E-state index in [4.69, 9.17) is 14.2 Å². The smallest absolute Gasteiger partial charge is 0.228 e. The van der Waals surface area contributed by atoms with Crippen LogP contribution in [0.5, 0.6) is 28.7 Å². The average molecular weight is 422 g/mol. The van der Waals surface area contributed by atoms with Crippen molar-refractivity contribution in [3.63, 3.8) is 0 Å². The predicted octanol–water partition coefficient (Wildman–Crippen LogP) is -0.342. The van der Waals surface area contributed by atoms with Crippen molar-refractivity contribution < 1.29 is 50.0 Å². The topological polar surface area (TPSA) is 169 Å². The molecule has 6 atom stereocenters. The lowest BCUT2D eigenvalue weighted by molar-refractivity contribution is -0.242. The molecule has 7 N–H and O–H groups in total. The van der Waals surface area contributed by atoms with E-state index >= 15 is 0 Å². The molecule has 0 aromatic heterocycles. The number of phenols is 3. The van der Waals surface area contributed by atoms with E-state index in [1.807, 2.05) is 0 Å². The standard InChI is InChI=1S/C20H22O10/c21-11-2-1-8(3-13(11)23)19-14(24)6-10-12(22)4-9(5-16(10)30-19)29-20-18(27)17(26)15(25)7-28-20/h1-5,14-15,17-27H,6-7H2/t14-,15-,17+,18-,19-,20+/m1/s1. The fraction of sp³-hybridized carbons (Fsp3) is 0.400. The molecule has 0 saturated carbocycles. The number of ether oxygens (including phenoxy) is 3. The van der Waals surface area contributed by atoms with Gasteiger partial charge in [-0.2, -0.15) is 0 Å². The monoisotopic (exact) mass is 422 g/mol. The summed E-state index contributed by atoms with van der Waals surface area (Å²) in [5.74, 6) is -0.602. The van der Waals surface area contributed by atoms with Crippen LogP contribution in [0, 0.1) is 0 Å². The highest BCUT2D eigenvalue weighted by molar-refractivity contribution is 5.52. The number of aliphatic hydroxyl groups excluding tert-OH is 4. The maximum absolute atomic E-state index is 10.5. The largest absolute Gasteiger partial charge is 0.507 e. The number of aromatic hydroxyl groups is 3. The SMILES string of the molecule is Oc1ccc([C@H]2Oc3cc(O[C@@H]4OC[C@@H](O)[C@H](O)[C@H]4O)cc(O)c3C[C@H]2O)cc1O. The van der Waals surface area contributed by atoms with Crippen molar-refractivity contribution >= 4 is 0 Å². The summed E-state index contributed by atoms with van der Waals surface area (Å²) in [5, 5.41) is 69.3. The summed E-state index contributed by atoms with van der Waals surface area (Å²) in [5.41, 5.74) is 0.757. The van der Waals surface area contributed by atoms with Gasteiger partial charge in [0, 0.05) is 24.1 Å². The molecule has 1 saturated heterocycles. The van der Waals surface area contributed by atoms with Gasteiger partial charge in [0.15, 0.2) is 11.5 Å². The quantitative estimate of drug-likeness (QED) is 0.325. The van der Waals surface area contributed by atoms with Crippen molar-refractivity contribution in [1.82, 2.24) is 0 Å². The molecule has 0 spiro atoms. The van der Waals surface area contributed by atoms with Gasteiger partial charge in [-0.1, -0.05) is 6.07 Å². The van der Waals surface area contributed by atoms with E-state index in [9.17, 15) is 35.7 Å². The Bertz CT molecular complexity index is 932. The second-order valence-corrected chi connectivity index (χ2v) is 7.35. The second kappa shape index (κ2) is 7.82. The van der Waals surface area contributed by atoms with Crippen LogP contribution in [0.4, 0.5) is 0 Å². The van der Waals surface area contributed by atoms with Crippen LogP contribution in [0.1, 0.15) is 17.2 Å². The van der Waals surface area contributed by atoms with Gasteiger partial charge < -0.3 is 50.0 Å². The van der Waals surface area contributed by atoms with E-state index in [1.54, 1.807) is 0 Å². The number of benzene rings is 2. The highest BCUT2D eigenvalue weighted by atomic mass is 16.7. The predicted molar refractivity (Wildman–Crippen MR) is 99.3 cm³/mol. The summed E-state index contributed by atoms with van der Waals surface area (Å²) in [6.45, 7) is -0.241. The van der Waals surface area contributed by atoms with E-state index in [1.165, 1.54) is 30.3 Å². The fourth-order valence-electron chi connectivity index (χ4n) is 3.54. The fourth-order valence-corrected chi connectivity index (χ4v) is 3.54. The van der Waals surface area contributed by atoms with Crippen LogP contribution in [0.15, 0.2) is 30.3 Å². The van der Waals surface area contributed by atoms with E-state index in [-0.39, 0.29) is 41.8 Å². The molecule has 0 aliphatic carbocycles. The van der Waals surface area contributed by atoms with Crippen LogP contribution in [-0.4, -0.2) is 73.1 Å². The number of rotatable bonds is 3. The van der Waals surface area contributed by atoms with Crippen molar-refractivity contribution in [3.05, 3.63) is 41.5 Å².